The smallest absolute Gasteiger partial charge is 0.221 e. The predicted octanol–water partition coefficient (Wildman–Crippen LogP) is 3.07. The Morgan fingerprint density at radius 1 is 1.18 bits per heavy atom. The number of carbonyl (C=O) groups is 1. The Labute approximate surface area is 164 Å². The first-order valence-corrected chi connectivity index (χ1v) is 9.55. The molecule has 6 nitrogen and oxygen atoms in total. The number of nitrogens with one attached hydrogen (secondary N) is 1. The third-order valence-corrected chi connectivity index (χ3v) is 5.28. The predicted molar refractivity (Wildman–Crippen MR) is 109 cm³/mol. The number of anilines is 1. The van der Waals surface area contributed by atoms with Crippen molar-refractivity contribution in [1.82, 2.24) is 14.9 Å². The Morgan fingerprint density at radius 3 is 2.71 bits per heavy atom. The zero-order valence-electron chi connectivity index (χ0n) is 15.9. The van der Waals surface area contributed by atoms with E-state index in [2.05, 4.69) is 15.2 Å². The molecule has 1 aromatic carbocycles. The zero-order valence-corrected chi connectivity index (χ0v) is 15.9. The summed E-state index contributed by atoms with van der Waals surface area (Å²) in [5.41, 5.74) is 2.61. The highest BCUT2D eigenvalue weighted by Crippen LogP contribution is 2.31. The van der Waals surface area contributed by atoms with Gasteiger partial charge in [0.1, 0.15) is 5.60 Å². The van der Waals surface area contributed by atoms with Gasteiger partial charge in [0, 0.05) is 43.8 Å². The van der Waals surface area contributed by atoms with Crippen LogP contribution in [0.5, 0.6) is 0 Å². The van der Waals surface area contributed by atoms with E-state index in [4.69, 9.17) is 4.98 Å². The molecule has 2 aromatic heterocycles. The van der Waals surface area contributed by atoms with Gasteiger partial charge in [0.25, 0.3) is 0 Å². The number of benzene rings is 1. The van der Waals surface area contributed by atoms with Gasteiger partial charge >= 0.3 is 0 Å². The summed E-state index contributed by atoms with van der Waals surface area (Å²) in [5.74, 6) is -0.0836. The summed E-state index contributed by atoms with van der Waals surface area (Å²) in [7, 11) is 0. The number of rotatable bonds is 4. The fourth-order valence-corrected chi connectivity index (χ4v) is 3.74. The molecular weight excluding hydrogens is 352 g/mol. The molecule has 144 valence electrons. The lowest BCUT2D eigenvalue weighted by atomic mass is 9.87. The number of aromatic nitrogens is 2. The quantitative estimate of drug-likeness (QED) is 0.732. The van der Waals surface area contributed by atoms with Gasteiger partial charge in [0.05, 0.1) is 16.9 Å². The van der Waals surface area contributed by atoms with Crippen molar-refractivity contribution < 1.29 is 9.90 Å². The number of fused-ring (bicyclic) bond motifs is 1. The van der Waals surface area contributed by atoms with Gasteiger partial charge < -0.3 is 10.4 Å². The minimum Gasteiger partial charge on any atom is -0.383 e. The summed E-state index contributed by atoms with van der Waals surface area (Å²) < 4.78 is 0. The van der Waals surface area contributed by atoms with Crippen LogP contribution < -0.4 is 5.32 Å². The van der Waals surface area contributed by atoms with E-state index < -0.39 is 5.60 Å². The van der Waals surface area contributed by atoms with E-state index in [0.29, 0.717) is 12.8 Å². The topological polar surface area (TPSA) is 78.4 Å². The van der Waals surface area contributed by atoms with Crippen molar-refractivity contribution in [3.8, 4) is 0 Å². The first kappa shape index (κ1) is 18.5. The molecule has 0 unspecified atom stereocenters. The summed E-state index contributed by atoms with van der Waals surface area (Å²) >= 11 is 0. The Balaban J connectivity index is 1.42. The van der Waals surface area contributed by atoms with Crippen LogP contribution in [0, 0.1) is 0 Å². The van der Waals surface area contributed by atoms with Gasteiger partial charge in [-0.3, -0.25) is 19.7 Å². The average molecular weight is 376 g/mol. The van der Waals surface area contributed by atoms with Crippen molar-refractivity contribution in [3.05, 3.63) is 66.1 Å². The van der Waals surface area contributed by atoms with Crippen LogP contribution in [0.4, 0.5) is 5.69 Å². The Bertz CT molecular complexity index is 982. The maximum Gasteiger partial charge on any atom is 0.221 e. The van der Waals surface area contributed by atoms with Crippen LogP contribution in [0.15, 0.2) is 54.7 Å². The number of carbonyl (C=O) groups excluding carboxylic acids is 1. The summed E-state index contributed by atoms with van der Waals surface area (Å²) in [6.07, 6.45) is 3.06. The molecular formula is C22H24N4O2. The van der Waals surface area contributed by atoms with Gasteiger partial charge in [-0.2, -0.15) is 0 Å². The van der Waals surface area contributed by atoms with Crippen molar-refractivity contribution in [2.45, 2.75) is 31.9 Å². The largest absolute Gasteiger partial charge is 0.383 e. The van der Waals surface area contributed by atoms with Crippen molar-refractivity contribution in [2.75, 3.05) is 18.4 Å². The standard InChI is InChI=1S/C22H24N4O2/c1-16(27)24-18-7-8-20-17(14-18)5-6-19(25-20)15-26-12-9-22(28,10-13-26)21-4-2-3-11-23-21/h2-8,11,14,28H,9-10,12-13,15H2,1H3,(H,24,27). The first-order chi connectivity index (χ1) is 13.5. The summed E-state index contributed by atoms with van der Waals surface area (Å²) in [4.78, 5) is 22.6. The molecule has 1 aliphatic heterocycles. The van der Waals surface area contributed by atoms with Crippen molar-refractivity contribution >= 4 is 22.5 Å². The molecule has 1 amide bonds. The van der Waals surface area contributed by atoms with Gasteiger partial charge in [-0.25, -0.2) is 0 Å². The molecule has 2 N–H and O–H groups in total. The second kappa shape index (κ2) is 7.66. The average Bonchev–Trinajstić information content (AvgIpc) is 2.70. The minimum atomic E-state index is -0.839. The first-order valence-electron chi connectivity index (χ1n) is 9.55. The second-order valence-corrected chi connectivity index (χ2v) is 7.41. The molecule has 1 aliphatic rings. The molecule has 0 radical (unpaired) electrons. The highest BCUT2D eigenvalue weighted by Gasteiger charge is 2.35. The van der Waals surface area contributed by atoms with Gasteiger partial charge in [0.2, 0.25) is 5.91 Å². The number of aliphatic hydroxyl groups is 1. The van der Waals surface area contributed by atoms with E-state index in [9.17, 15) is 9.90 Å². The second-order valence-electron chi connectivity index (χ2n) is 7.41. The lowest BCUT2D eigenvalue weighted by Gasteiger charge is -2.37. The minimum absolute atomic E-state index is 0.0836. The number of nitrogens with zero attached hydrogens (tertiary/aromatic N) is 3. The van der Waals surface area contributed by atoms with Crippen molar-refractivity contribution in [1.29, 1.82) is 0 Å². The Kier molecular flexibility index (Phi) is 5.07. The van der Waals surface area contributed by atoms with E-state index in [-0.39, 0.29) is 5.91 Å². The van der Waals surface area contributed by atoms with Gasteiger partial charge in [-0.05, 0) is 49.2 Å². The molecule has 0 atom stereocenters. The molecule has 3 heterocycles. The monoisotopic (exact) mass is 376 g/mol. The zero-order chi connectivity index (χ0) is 19.6. The number of hydrogen-bond acceptors (Lipinski definition) is 5. The van der Waals surface area contributed by atoms with Crippen LogP contribution in [0.1, 0.15) is 31.2 Å². The van der Waals surface area contributed by atoms with Gasteiger partial charge in [0.15, 0.2) is 0 Å². The fraction of sp³-hybridized carbons (Fsp3) is 0.318. The van der Waals surface area contributed by atoms with E-state index in [1.54, 1.807) is 6.20 Å². The number of piperidine rings is 1. The highest BCUT2D eigenvalue weighted by atomic mass is 16.3. The normalized spacial score (nSPS) is 16.8. The Morgan fingerprint density at radius 2 is 2.00 bits per heavy atom. The van der Waals surface area contributed by atoms with Crippen LogP contribution in [-0.2, 0) is 16.9 Å². The number of pyridine rings is 2. The Hall–Kier alpha value is -2.83. The summed E-state index contributed by atoms with van der Waals surface area (Å²) in [6.45, 7) is 3.85. The molecule has 0 spiro atoms. The SMILES string of the molecule is CC(=O)Nc1ccc2nc(CN3CCC(O)(c4ccccn4)CC3)ccc2c1. The van der Waals surface area contributed by atoms with Crippen LogP contribution in [-0.4, -0.2) is 39.0 Å². The lowest BCUT2D eigenvalue weighted by molar-refractivity contribution is -0.114. The van der Waals surface area contributed by atoms with Crippen molar-refractivity contribution in [2.24, 2.45) is 0 Å². The lowest BCUT2D eigenvalue weighted by Crippen LogP contribution is -2.42. The molecule has 28 heavy (non-hydrogen) atoms. The molecule has 4 rings (SSSR count). The van der Waals surface area contributed by atoms with Crippen LogP contribution in [0.3, 0.4) is 0 Å². The van der Waals surface area contributed by atoms with E-state index in [1.165, 1.54) is 6.92 Å². The summed E-state index contributed by atoms with van der Waals surface area (Å²) in [6, 6.07) is 15.5. The molecule has 6 heteroatoms. The molecule has 1 saturated heterocycles. The molecule has 0 bridgehead atoms. The molecule has 0 aliphatic carbocycles. The third kappa shape index (κ3) is 4.03. The van der Waals surface area contributed by atoms with Gasteiger partial charge in [-0.1, -0.05) is 12.1 Å². The maximum absolute atomic E-state index is 11.2. The van der Waals surface area contributed by atoms with Crippen LogP contribution in [0.2, 0.25) is 0 Å². The highest BCUT2D eigenvalue weighted by molar-refractivity contribution is 5.92. The van der Waals surface area contributed by atoms with E-state index in [0.717, 1.165) is 47.6 Å². The number of likely N-dealkylation sites (tertiary alicyclic amines) is 1. The van der Waals surface area contributed by atoms with E-state index in [1.807, 2.05) is 48.5 Å². The van der Waals surface area contributed by atoms with Crippen molar-refractivity contribution in [3.63, 3.8) is 0 Å². The maximum atomic E-state index is 11.2. The number of amides is 1. The molecule has 1 fully saturated rings. The van der Waals surface area contributed by atoms with Crippen LogP contribution >= 0.6 is 0 Å². The van der Waals surface area contributed by atoms with E-state index >= 15 is 0 Å². The van der Waals surface area contributed by atoms with Gasteiger partial charge in [-0.15, -0.1) is 0 Å². The summed E-state index contributed by atoms with van der Waals surface area (Å²) in [5, 5.41) is 14.7. The number of hydrogen-bond donors (Lipinski definition) is 2. The van der Waals surface area contributed by atoms with Crippen LogP contribution in [0.25, 0.3) is 10.9 Å². The molecule has 0 saturated carbocycles. The third-order valence-electron chi connectivity index (χ3n) is 5.28. The fourth-order valence-electron chi connectivity index (χ4n) is 3.74. The molecule has 3 aromatic rings.